The SMILES string of the molecule is C=C/C=C(\C)c1ccc(CN(N)C[C@@H](O)C(=O)OC)cc1. The van der Waals surface area contributed by atoms with E-state index in [0.717, 1.165) is 16.7 Å². The molecule has 0 aliphatic carbocycles. The van der Waals surface area contributed by atoms with Gasteiger partial charge in [-0.3, -0.25) is 5.84 Å². The van der Waals surface area contributed by atoms with Gasteiger partial charge >= 0.3 is 5.97 Å². The highest BCUT2D eigenvalue weighted by Crippen LogP contribution is 2.15. The summed E-state index contributed by atoms with van der Waals surface area (Å²) in [6, 6.07) is 7.91. The van der Waals surface area contributed by atoms with Crippen LogP contribution in [0.25, 0.3) is 5.57 Å². The predicted molar refractivity (Wildman–Crippen MR) is 82.9 cm³/mol. The van der Waals surface area contributed by atoms with Crippen molar-refractivity contribution in [2.45, 2.75) is 19.6 Å². The molecule has 0 heterocycles. The van der Waals surface area contributed by atoms with E-state index in [1.165, 1.54) is 12.1 Å². The van der Waals surface area contributed by atoms with Gasteiger partial charge in [-0.2, -0.15) is 0 Å². The fraction of sp³-hybridized carbons (Fsp3) is 0.312. The van der Waals surface area contributed by atoms with Crippen molar-refractivity contribution in [3.8, 4) is 0 Å². The average Bonchev–Trinajstić information content (AvgIpc) is 2.47. The first-order chi connectivity index (χ1) is 9.97. The monoisotopic (exact) mass is 290 g/mol. The van der Waals surface area contributed by atoms with Crippen LogP contribution in [0.3, 0.4) is 0 Å². The molecule has 1 aromatic carbocycles. The van der Waals surface area contributed by atoms with Crippen LogP contribution in [-0.2, 0) is 16.1 Å². The third-order valence-corrected chi connectivity index (χ3v) is 3.04. The van der Waals surface area contributed by atoms with Crippen molar-refractivity contribution in [2.24, 2.45) is 5.84 Å². The van der Waals surface area contributed by atoms with E-state index in [0.29, 0.717) is 6.54 Å². The van der Waals surface area contributed by atoms with Crippen molar-refractivity contribution >= 4 is 11.5 Å². The van der Waals surface area contributed by atoms with Gasteiger partial charge in [-0.25, -0.2) is 9.80 Å². The van der Waals surface area contributed by atoms with Crippen LogP contribution >= 0.6 is 0 Å². The Hall–Kier alpha value is -1.95. The number of aliphatic hydroxyl groups is 1. The Morgan fingerprint density at radius 2 is 2.10 bits per heavy atom. The normalized spacial score (nSPS) is 13.1. The Balaban J connectivity index is 2.61. The largest absolute Gasteiger partial charge is 0.467 e. The highest BCUT2D eigenvalue weighted by Gasteiger charge is 2.17. The Morgan fingerprint density at radius 1 is 1.48 bits per heavy atom. The van der Waals surface area contributed by atoms with Gasteiger partial charge in [-0.05, 0) is 23.6 Å². The standard InChI is InChI=1S/C16H22N2O3/c1-4-5-12(2)14-8-6-13(7-9-14)10-18(17)11-15(19)16(20)21-3/h4-9,15,19H,1,10-11,17H2,2-3H3/b12-5+/t15-/m1/s1. The molecule has 21 heavy (non-hydrogen) atoms. The molecule has 0 saturated heterocycles. The summed E-state index contributed by atoms with van der Waals surface area (Å²) in [6.07, 6.45) is 2.45. The third-order valence-electron chi connectivity index (χ3n) is 3.04. The molecule has 0 aliphatic rings. The first kappa shape index (κ1) is 17.1. The minimum atomic E-state index is -1.24. The van der Waals surface area contributed by atoms with Gasteiger partial charge in [0.1, 0.15) is 0 Å². The maximum absolute atomic E-state index is 11.1. The molecule has 0 aliphatic heterocycles. The minimum absolute atomic E-state index is 0.0177. The lowest BCUT2D eigenvalue weighted by Gasteiger charge is -2.19. The van der Waals surface area contributed by atoms with Crippen LogP contribution in [0.15, 0.2) is 43.0 Å². The number of aliphatic hydroxyl groups excluding tert-OH is 1. The molecule has 0 amide bonds. The van der Waals surface area contributed by atoms with E-state index in [9.17, 15) is 9.90 Å². The first-order valence-corrected chi connectivity index (χ1v) is 6.62. The summed E-state index contributed by atoms with van der Waals surface area (Å²) in [5, 5.41) is 10.9. The molecule has 0 fully saturated rings. The fourth-order valence-corrected chi connectivity index (χ4v) is 1.88. The van der Waals surface area contributed by atoms with Crippen molar-refractivity contribution in [2.75, 3.05) is 13.7 Å². The molecule has 1 aromatic rings. The van der Waals surface area contributed by atoms with Gasteiger partial charge in [0.05, 0.1) is 13.7 Å². The maximum atomic E-state index is 11.1. The Labute approximate surface area is 125 Å². The number of benzene rings is 1. The molecule has 5 nitrogen and oxygen atoms in total. The second-order valence-corrected chi connectivity index (χ2v) is 4.75. The third kappa shape index (κ3) is 5.51. The van der Waals surface area contributed by atoms with Gasteiger partial charge in [0, 0.05) is 6.54 Å². The Morgan fingerprint density at radius 3 is 2.62 bits per heavy atom. The number of carbonyl (C=O) groups excluding carboxylic acids is 1. The van der Waals surface area contributed by atoms with Gasteiger partial charge in [0.2, 0.25) is 0 Å². The lowest BCUT2D eigenvalue weighted by molar-refractivity contribution is -0.151. The molecule has 0 aromatic heterocycles. The number of hydrogen-bond acceptors (Lipinski definition) is 5. The summed E-state index contributed by atoms with van der Waals surface area (Å²) in [4.78, 5) is 11.1. The maximum Gasteiger partial charge on any atom is 0.336 e. The average molecular weight is 290 g/mol. The molecule has 0 saturated carbocycles. The fourth-order valence-electron chi connectivity index (χ4n) is 1.88. The zero-order valence-corrected chi connectivity index (χ0v) is 12.5. The highest BCUT2D eigenvalue weighted by atomic mass is 16.5. The molecule has 0 spiro atoms. The van der Waals surface area contributed by atoms with Crippen LogP contribution in [0.5, 0.6) is 0 Å². The number of methoxy groups -OCH3 is 1. The van der Waals surface area contributed by atoms with Crippen LogP contribution in [0, 0.1) is 0 Å². The van der Waals surface area contributed by atoms with E-state index in [-0.39, 0.29) is 6.54 Å². The van der Waals surface area contributed by atoms with Crippen molar-refractivity contribution in [3.63, 3.8) is 0 Å². The molecular weight excluding hydrogens is 268 g/mol. The summed E-state index contributed by atoms with van der Waals surface area (Å²) in [6.45, 7) is 6.13. The summed E-state index contributed by atoms with van der Waals surface area (Å²) in [5.41, 5.74) is 3.23. The van der Waals surface area contributed by atoms with Crippen molar-refractivity contribution in [1.82, 2.24) is 5.01 Å². The van der Waals surface area contributed by atoms with Crippen LogP contribution < -0.4 is 5.84 Å². The number of rotatable bonds is 7. The zero-order chi connectivity index (χ0) is 15.8. The molecule has 1 atom stereocenters. The molecule has 0 radical (unpaired) electrons. The van der Waals surface area contributed by atoms with Crippen LogP contribution in [0.4, 0.5) is 0 Å². The first-order valence-electron chi connectivity index (χ1n) is 6.62. The van der Waals surface area contributed by atoms with E-state index in [1.54, 1.807) is 6.08 Å². The number of hydrogen-bond donors (Lipinski definition) is 2. The van der Waals surface area contributed by atoms with Crippen LogP contribution in [0.1, 0.15) is 18.1 Å². The lowest BCUT2D eigenvalue weighted by atomic mass is 10.0. The number of nitrogens with two attached hydrogens (primary N) is 1. The summed E-state index contributed by atoms with van der Waals surface area (Å²) in [5.74, 6) is 5.10. The van der Waals surface area contributed by atoms with Crippen LogP contribution in [-0.4, -0.2) is 35.8 Å². The van der Waals surface area contributed by atoms with Gasteiger partial charge < -0.3 is 9.84 Å². The van der Waals surface area contributed by atoms with Crippen molar-refractivity contribution in [3.05, 3.63) is 54.1 Å². The zero-order valence-electron chi connectivity index (χ0n) is 12.5. The number of hydrazine groups is 1. The van der Waals surface area contributed by atoms with Crippen LogP contribution in [0.2, 0.25) is 0 Å². The van der Waals surface area contributed by atoms with E-state index in [1.807, 2.05) is 37.3 Å². The summed E-state index contributed by atoms with van der Waals surface area (Å²) >= 11 is 0. The van der Waals surface area contributed by atoms with E-state index in [2.05, 4.69) is 11.3 Å². The lowest BCUT2D eigenvalue weighted by Crippen LogP contribution is -2.41. The smallest absolute Gasteiger partial charge is 0.336 e. The molecular formula is C16H22N2O3. The minimum Gasteiger partial charge on any atom is -0.467 e. The molecule has 5 heteroatoms. The second-order valence-electron chi connectivity index (χ2n) is 4.75. The Kier molecular flexibility index (Phi) is 6.81. The molecule has 3 N–H and O–H groups in total. The Bertz CT molecular complexity index is 509. The number of ether oxygens (including phenoxy) is 1. The van der Waals surface area contributed by atoms with Crippen molar-refractivity contribution < 1.29 is 14.6 Å². The second kappa shape index (κ2) is 8.36. The predicted octanol–water partition coefficient (Wildman–Crippen LogP) is 1.49. The summed E-state index contributed by atoms with van der Waals surface area (Å²) < 4.78 is 4.44. The summed E-state index contributed by atoms with van der Waals surface area (Å²) in [7, 11) is 1.23. The van der Waals surface area contributed by atoms with Gasteiger partial charge in [-0.1, -0.05) is 43.0 Å². The highest BCUT2D eigenvalue weighted by molar-refractivity contribution is 5.74. The van der Waals surface area contributed by atoms with E-state index in [4.69, 9.17) is 5.84 Å². The number of carbonyl (C=O) groups is 1. The van der Waals surface area contributed by atoms with E-state index < -0.39 is 12.1 Å². The number of allylic oxidation sites excluding steroid dienone is 3. The molecule has 0 unspecified atom stereocenters. The molecule has 0 bridgehead atoms. The quantitative estimate of drug-likeness (QED) is 0.344. The van der Waals surface area contributed by atoms with Gasteiger partial charge in [-0.15, -0.1) is 0 Å². The number of esters is 1. The molecule has 114 valence electrons. The van der Waals surface area contributed by atoms with Gasteiger partial charge in [0.25, 0.3) is 0 Å². The van der Waals surface area contributed by atoms with Gasteiger partial charge in [0.15, 0.2) is 6.10 Å². The molecule has 1 rings (SSSR count). The van der Waals surface area contributed by atoms with Crippen molar-refractivity contribution in [1.29, 1.82) is 0 Å². The topological polar surface area (TPSA) is 75.8 Å². The number of nitrogens with zero attached hydrogens (tertiary/aromatic N) is 1. The van der Waals surface area contributed by atoms with E-state index >= 15 is 0 Å².